The second-order valence-electron chi connectivity index (χ2n) is 8.05. The number of aromatic nitrogens is 1. The molecule has 1 aromatic heterocycles. The minimum atomic E-state index is -0.857. The highest BCUT2D eigenvalue weighted by Crippen LogP contribution is 2.36. The van der Waals surface area contributed by atoms with Gasteiger partial charge in [-0.25, -0.2) is 4.99 Å². The van der Waals surface area contributed by atoms with E-state index in [4.69, 9.17) is 9.52 Å². The van der Waals surface area contributed by atoms with Crippen LogP contribution in [0.2, 0.25) is 0 Å². The zero-order valence-electron chi connectivity index (χ0n) is 17.8. The van der Waals surface area contributed by atoms with Crippen LogP contribution in [0.25, 0.3) is 0 Å². The maximum atomic E-state index is 11.2. The van der Waals surface area contributed by atoms with E-state index in [9.17, 15) is 5.11 Å². The molecule has 30 heavy (non-hydrogen) atoms. The van der Waals surface area contributed by atoms with Gasteiger partial charge in [-0.05, 0) is 37.8 Å². The van der Waals surface area contributed by atoms with E-state index in [0.717, 1.165) is 75.1 Å². The van der Waals surface area contributed by atoms with E-state index in [2.05, 4.69) is 33.3 Å². The highest BCUT2D eigenvalue weighted by molar-refractivity contribution is 14.0. The standard InChI is InChI=1S/C22H31N5O2.HI/c1-3-23-21(24-16-22(28)9-8-18-6-4-5-7-20(18)22)27-12-10-26(11-13-27)15-19-14-17(2)29-25-19;/h4-7,14,28H,3,8-13,15-16H2,1-2H3,(H,23,24);1H. The summed E-state index contributed by atoms with van der Waals surface area (Å²) in [5.41, 5.74) is 2.40. The summed E-state index contributed by atoms with van der Waals surface area (Å²) < 4.78 is 5.17. The van der Waals surface area contributed by atoms with Crippen molar-refractivity contribution in [3.8, 4) is 0 Å². The van der Waals surface area contributed by atoms with Crippen LogP contribution < -0.4 is 5.32 Å². The van der Waals surface area contributed by atoms with Gasteiger partial charge in [0.2, 0.25) is 0 Å². The van der Waals surface area contributed by atoms with Gasteiger partial charge in [-0.1, -0.05) is 29.4 Å². The first-order chi connectivity index (χ1) is 14.1. The molecule has 2 aromatic rings. The molecule has 1 unspecified atom stereocenters. The Hall–Kier alpha value is -1.65. The van der Waals surface area contributed by atoms with E-state index < -0.39 is 5.60 Å². The van der Waals surface area contributed by atoms with Gasteiger partial charge in [0.25, 0.3) is 0 Å². The van der Waals surface area contributed by atoms with E-state index in [1.165, 1.54) is 5.56 Å². The lowest BCUT2D eigenvalue weighted by molar-refractivity contribution is 0.0481. The molecule has 164 valence electrons. The van der Waals surface area contributed by atoms with Crippen molar-refractivity contribution in [2.24, 2.45) is 4.99 Å². The molecule has 4 rings (SSSR count). The van der Waals surface area contributed by atoms with Crippen molar-refractivity contribution in [1.82, 2.24) is 20.3 Å². The van der Waals surface area contributed by atoms with Crippen LogP contribution in [-0.2, 0) is 18.6 Å². The number of piperazine rings is 1. The molecule has 0 amide bonds. The number of aliphatic imine (C=N–C) groups is 1. The van der Waals surface area contributed by atoms with E-state index in [-0.39, 0.29) is 24.0 Å². The van der Waals surface area contributed by atoms with E-state index in [0.29, 0.717) is 6.54 Å². The molecular weight excluding hydrogens is 493 g/mol. The third-order valence-corrected chi connectivity index (χ3v) is 5.89. The summed E-state index contributed by atoms with van der Waals surface area (Å²) >= 11 is 0. The number of halogens is 1. The van der Waals surface area contributed by atoms with Gasteiger partial charge in [-0.3, -0.25) is 4.90 Å². The van der Waals surface area contributed by atoms with Crippen LogP contribution in [0.3, 0.4) is 0 Å². The molecule has 2 N–H and O–H groups in total. The van der Waals surface area contributed by atoms with Crippen molar-refractivity contribution < 1.29 is 9.63 Å². The summed E-state index contributed by atoms with van der Waals surface area (Å²) in [6.45, 7) is 9.72. The van der Waals surface area contributed by atoms with Crippen LogP contribution in [0.1, 0.15) is 35.9 Å². The van der Waals surface area contributed by atoms with Crippen LogP contribution in [0.15, 0.2) is 39.8 Å². The van der Waals surface area contributed by atoms with E-state index in [1.807, 2.05) is 31.2 Å². The molecule has 1 aliphatic heterocycles. The smallest absolute Gasteiger partial charge is 0.194 e. The SMILES string of the molecule is CCNC(=NCC1(O)CCc2ccccc21)N1CCN(Cc2cc(C)on2)CC1.I. The minimum Gasteiger partial charge on any atom is -0.383 e. The lowest BCUT2D eigenvalue weighted by atomic mass is 9.96. The van der Waals surface area contributed by atoms with E-state index >= 15 is 0 Å². The Bertz CT molecular complexity index is 863. The number of benzene rings is 1. The molecule has 8 heteroatoms. The summed E-state index contributed by atoms with van der Waals surface area (Å²) in [7, 11) is 0. The Labute approximate surface area is 195 Å². The number of aliphatic hydroxyl groups is 1. The van der Waals surface area contributed by atoms with Crippen molar-refractivity contribution >= 4 is 29.9 Å². The van der Waals surface area contributed by atoms with Crippen LogP contribution in [0.5, 0.6) is 0 Å². The van der Waals surface area contributed by atoms with Gasteiger partial charge in [0.05, 0.1) is 12.2 Å². The Morgan fingerprint density at radius 2 is 2.03 bits per heavy atom. The first kappa shape index (κ1) is 23.0. The average molecular weight is 525 g/mol. The number of nitrogens with one attached hydrogen (secondary N) is 1. The van der Waals surface area contributed by atoms with E-state index in [1.54, 1.807) is 0 Å². The molecule has 1 aromatic carbocycles. The normalized spacial score (nSPS) is 22.0. The predicted octanol–water partition coefficient (Wildman–Crippen LogP) is 2.52. The average Bonchev–Trinajstić information content (AvgIpc) is 3.30. The fraction of sp³-hybridized carbons (Fsp3) is 0.545. The largest absolute Gasteiger partial charge is 0.383 e. The zero-order valence-corrected chi connectivity index (χ0v) is 20.1. The summed E-state index contributed by atoms with van der Waals surface area (Å²) in [6, 6.07) is 10.2. The number of hydrogen-bond donors (Lipinski definition) is 2. The Morgan fingerprint density at radius 1 is 1.27 bits per heavy atom. The predicted molar refractivity (Wildman–Crippen MR) is 128 cm³/mol. The third-order valence-electron chi connectivity index (χ3n) is 5.89. The number of nitrogens with zero attached hydrogens (tertiary/aromatic N) is 4. The summed E-state index contributed by atoms with van der Waals surface area (Å²) in [5.74, 6) is 1.74. The minimum absolute atomic E-state index is 0. The van der Waals surface area contributed by atoms with Gasteiger partial charge in [0.15, 0.2) is 5.96 Å². The molecule has 0 radical (unpaired) electrons. The second kappa shape index (κ2) is 10.1. The molecule has 1 fully saturated rings. The molecular formula is C22H32IN5O2. The Balaban J connectivity index is 0.00000256. The number of guanidine groups is 1. The molecule has 1 aliphatic carbocycles. The Morgan fingerprint density at radius 3 is 2.73 bits per heavy atom. The molecule has 0 spiro atoms. The maximum absolute atomic E-state index is 11.2. The van der Waals surface area contributed by atoms with Crippen LogP contribution in [0, 0.1) is 6.92 Å². The van der Waals surface area contributed by atoms with Crippen molar-refractivity contribution in [1.29, 1.82) is 0 Å². The topological polar surface area (TPSA) is 77.1 Å². The summed E-state index contributed by atoms with van der Waals surface area (Å²) in [4.78, 5) is 9.51. The van der Waals surface area contributed by atoms with Gasteiger partial charge in [0.1, 0.15) is 11.4 Å². The fourth-order valence-corrected chi connectivity index (χ4v) is 4.30. The van der Waals surface area contributed by atoms with Crippen LogP contribution in [0.4, 0.5) is 0 Å². The highest BCUT2D eigenvalue weighted by atomic mass is 127. The number of aryl methyl sites for hydroxylation is 2. The van der Waals surface area contributed by atoms with Crippen molar-refractivity contribution in [3.05, 3.63) is 52.9 Å². The first-order valence-corrected chi connectivity index (χ1v) is 10.6. The molecule has 7 nitrogen and oxygen atoms in total. The molecule has 2 aliphatic rings. The number of rotatable bonds is 5. The van der Waals surface area contributed by atoms with Crippen molar-refractivity contribution in [3.63, 3.8) is 0 Å². The van der Waals surface area contributed by atoms with Crippen molar-refractivity contribution in [2.75, 3.05) is 39.3 Å². The fourth-order valence-electron chi connectivity index (χ4n) is 4.30. The highest BCUT2D eigenvalue weighted by Gasteiger charge is 2.36. The lowest BCUT2D eigenvalue weighted by Gasteiger charge is -2.36. The summed E-state index contributed by atoms with van der Waals surface area (Å²) in [6.07, 6.45) is 1.65. The number of fused-ring (bicyclic) bond motifs is 1. The lowest BCUT2D eigenvalue weighted by Crippen LogP contribution is -2.52. The third kappa shape index (κ3) is 5.15. The van der Waals surface area contributed by atoms with Crippen molar-refractivity contribution in [2.45, 2.75) is 38.8 Å². The van der Waals surface area contributed by atoms with Gasteiger partial charge >= 0.3 is 0 Å². The Kier molecular flexibility index (Phi) is 7.75. The van der Waals surface area contributed by atoms with Gasteiger partial charge in [-0.15, -0.1) is 24.0 Å². The zero-order chi connectivity index (χ0) is 20.3. The van der Waals surface area contributed by atoms with Gasteiger partial charge in [-0.2, -0.15) is 0 Å². The molecule has 1 atom stereocenters. The molecule has 0 saturated carbocycles. The van der Waals surface area contributed by atoms with Gasteiger partial charge in [0, 0.05) is 45.3 Å². The van der Waals surface area contributed by atoms with Gasteiger partial charge < -0.3 is 19.8 Å². The first-order valence-electron chi connectivity index (χ1n) is 10.6. The quantitative estimate of drug-likeness (QED) is 0.355. The summed E-state index contributed by atoms with van der Waals surface area (Å²) in [5, 5.41) is 18.7. The van der Waals surface area contributed by atoms with Crippen LogP contribution in [-0.4, -0.2) is 65.3 Å². The maximum Gasteiger partial charge on any atom is 0.194 e. The van der Waals surface area contributed by atoms with Crippen LogP contribution >= 0.6 is 24.0 Å². The second-order valence-corrected chi connectivity index (χ2v) is 8.05. The molecule has 1 saturated heterocycles. The molecule has 2 heterocycles. The number of hydrogen-bond acceptors (Lipinski definition) is 5. The monoisotopic (exact) mass is 525 g/mol. The molecule has 0 bridgehead atoms.